The van der Waals surface area contributed by atoms with E-state index in [2.05, 4.69) is 21.3 Å². The van der Waals surface area contributed by atoms with Crippen LogP contribution in [0.3, 0.4) is 0 Å². The molecule has 1 fully saturated rings. The molecule has 21 nitrogen and oxygen atoms in total. The molecule has 7 N–H and O–H groups in total. The lowest BCUT2D eigenvalue weighted by Crippen LogP contribution is -2.59. The van der Waals surface area contributed by atoms with Crippen LogP contribution in [0.4, 0.5) is 20.6 Å². The first kappa shape index (κ1) is 55.5. The Labute approximate surface area is 405 Å². The third-order valence-electron chi connectivity index (χ3n) is 11.5. The fraction of sp³-hybridized carbons (Fsp3) is 0.521. The number of amides is 6. The number of ether oxygens (including phenoxy) is 2. The largest absolute Gasteiger partial charge is 0.477 e. The van der Waals surface area contributed by atoms with Crippen molar-refractivity contribution in [3.8, 4) is 0 Å². The second kappa shape index (κ2) is 26.0. The number of halogens is 1. The molecule has 3 aromatic rings. The minimum absolute atomic E-state index is 0.0417. The molecule has 0 bridgehead atoms. The van der Waals surface area contributed by atoms with Crippen LogP contribution < -0.4 is 37.3 Å². The molecule has 22 heteroatoms. The maximum atomic E-state index is 15.4. The molecule has 0 spiro atoms. The normalized spacial score (nSPS) is 13.8. The number of hydrogen-bond donors (Lipinski definition) is 6. The van der Waals surface area contributed by atoms with Crippen molar-refractivity contribution < 1.29 is 57.3 Å². The molecule has 382 valence electrons. The number of carbonyl (C=O) groups is 8. The van der Waals surface area contributed by atoms with Crippen molar-refractivity contribution in [2.45, 2.75) is 98.0 Å². The number of anilines is 2. The Kier molecular flexibility index (Phi) is 20.6. The van der Waals surface area contributed by atoms with Crippen molar-refractivity contribution in [1.82, 2.24) is 30.3 Å². The number of fused-ring (bicyclic) bond motifs is 1. The highest BCUT2D eigenvalue weighted by atomic mass is 19.1. The van der Waals surface area contributed by atoms with E-state index in [9.17, 15) is 48.3 Å². The molecule has 0 aliphatic carbocycles. The van der Waals surface area contributed by atoms with Crippen molar-refractivity contribution in [2.24, 2.45) is 17.6 Å². The summed E-state index contributed by atoms with van der Waals surface area (Å²) in [6.45, 7) is 9.91. The molecule has 0 radical (unpaired) electrons. The van der Waals surface area contributed by atoms with E-state index in [1.54, 1.807) is 68.6 Å². The molecule has 3 atom stereocenters. The minimum Gasteiger partial charge on any atom is -0.477 e. The van der Waals surface area contributed by atoms with Crippen LogP contribution in [0.5, 0.6) is 0 Å². The topological polar surface area (TPSA) is 281 Å². The van der Waals surface area contributed by atoms with E-state index in [1.807, 2.05) is 13.8 Å². The zero-order valence-electron chi connectivity index (χ0n) is 40.8. The van der Waals surface area contributed by atoms with Crippen LogP contribution in [0.2, 0.25) is 0 Å². The number of carbonyl (C=O) groups excluding carboxylic acids is 7. The van der Waals surface area contributed by atoms with Gasteiger partial charge in [0, 0.05) is 89.9 Å². The molecule has 1 aromatic heterocycles. The number of aromatic nitrogens is 1. The van der Waals surface area contributed by atoms with Crippen LogP contribution in [-0.4, -0.2) is 139 Å². The number of carboxylic acid groups (broad SMARTS) is 1. The summed E-state index contributed by atoms with van der Waals surface area (Å²) in [6.07, 6.45) is 0.597. The van der Waals surface area contributed by atoms with Crippen LogP contribution in [-0.2, 0) is 51.4 Å². The molecule has 0 unspecified atom stereocenters. The first-order valence-electron chi connectivity index (χ1n) is 23.3. The van der Waals surface area contributed by atoms with Crippen LogP contribution in [0.15, 0.2) is 47.4 Å². The summed E-state index contributed by atoms with van der Waals surface area (Å²) in [5, 5.41) is 19.9. The summed E-state index contributed by atoms with van der Waals surface area (Å²) in [5.74, 6) is -5.89. The molecule has 0 saturated carbocycles. The first-order chi connectivity index (χ1) is 33.1. The van der Waals surface area contributed by atoms with Gasteiger partial charge >= 0.3 is 18.0 Å². The summed E-state index contributed by atoms with van der Waals surface area (Å²) in [7, 11) is 3.20. The summed E-state index contributed by atoms with van der Waals surface area (Å²) >= 11 is 0. The number of hydrogen-bond acceptors (Lipinski definition) is 13. The number of nitrogens with one attached hydrogen (secondary N) is 4. The number of rotatable bonds is 23. The lowest BCUT2D eigenvalue weighted by Gasteiger charge is -2.35. The third-order valence-corrected chi connectivity index (χ3v) is 11.5. The van der Waals surface area contributed by atoms with Crippen LogP contribution in [0, 0.1) is 17.7 Å². The molecule has 1 aliphatic rings. The van der Waals surface area contributed by atoms with Crippen molar-refractivity contribution in [3.05, 3.63) is 69.8 Å². The average Bonchev–Trinajstić information content (AvgIpc) is 3.32. The predicted molar refractivity (Wildman–Crippen MR) is 257 cm³/mol. The average molecular weight is 980 g/mol. The van der Waals surface area contributed by atoms with Gasteiger partial charge in [0.15, 0.2) is 0 Å². The number of esters is 1. The third kappa shape index (κ3) is 15.7. The van der Waals surface area contributed by atoms with Gasteiger partial charge in [-0.3, -0.25) is 33.6 Å². The zero-order chi connectivity index (χ0) is 51.8. The number of pyridine rings is 1. The highest BCUT2D eigenvalue weighted by Crippen LogP contribution is 2.27. The fourth-order valence-electron chi connectivity index (χ4n) is 7.37. The van der Waals surface area contributed by atoms with E-state index in [4.69, 9.17) is 15.2 Å². The summed E-state index contributed by atoms with van der Waals surface area (Å²) in [5.41, 5.74) is 6.23. The summed E-state index contributed by atoms with van der Waals surface area (Å²) < 4.78 is 27.7. The maximum Gasteiger partial charge on any atom is 0.410 e. The SMILES string of the molecule is CCn1cc(C(=O)O)c(=O)c2cc(F)c(N3CCN(C(=O)OCc4ccc(NC(=O)[C@H](CN)NC(=O)[C@@H](NC(=O)[C@H](CCC(=O)OCC(C)C)NC(=O)CCCC(=O)N(C)C)C(C)C)cc4)CC3)cc21. The monoisotopic (exact) mass is 979 g/mol. The van der Waals surface area contributed by atoms with Gasteiger partial charge in [0.2, 0.25) is 35.0 Å². The second-order valence-corrected chi connectivity index (χ2v) is 17.9. The highest BCUT2D eigenvalue weighted by Gasteiger charge is 2.32. The lowest BCUT2D eigenvalue weighted by atomic mass is 10.0. The van der Waals surface area contributed by atoms with Crippen molar-refractivity contribution in [3.63, 3.8) is 0 Å². The fourth-order valence-corrected chi connectivity index (χ4v) is 7.37. The number of carboxylic acids is 1. The summed E-state index contributed by atoms with van der Waals surface area (Å²) in [6, 6.07) is 5.31. The molecule has 1 aliphatic heterocycles. The van der Waals surface area contributed by atoms with Gasteiger partial charge in [-0.15, -0.1) is 0 Å². The van der Waals surface area contributed by atoms with Gasteiger partial charge in [-0.05, 0) is 61.4 Å². The Bertz CT molecular complexity index is 2440. The van der Waals surface area contributed by atoms with E-state index in [-0.39, 0.29) is 101 Å². The number of aromatic carboxylic acids is 1. The molecule has 70 heavy (non-hydrogen) atoms. The lowest BCUT2D eigenvalue weighted by molar-refractivity contribution is -0.145. The van der Waals surface area contributed by atoms with Gasteiger partial charge in [0.25, 0.3) is 0 Å². The van der Waals surface area contributed by atoms with Gasteiger partial charge in [-0.25, -0.2) is 14.0 Å². The van der Waals surface area contributed by atoms with Crippen molar-refractivity contribution in [1.29, 1.82) is 0 Å². The second-order valence-electron chi connectivity index (χ2n) is 17.9. The van der Waals surface area contributed by atoms with Gasteiger partial charge in [0.05, 0.1) is 17.8 Å². The van der Waals surface area contributed by atoms with E-state index >= 15 is 4.39 Å². The quantitative estimate of drug-likeness (QED) is 0.0746. The van der Waals surface area contributed by atoms with E-state index < -0.39 is 82.5 Å². The number of aryl methyl sites for hydroxylation is 1. The number of benzene rings is 2. The Morgan fingerprint density at radius 2 is 1.51 bits per heavy atom. The smallest absolute Gasteiger partial charge is 0.410 e. The van der Waals surface area contributed by atoms with Crippen LogP contribution in [0.25, 0.3) is 10.9 Å². The molecular weight excluding hydrogens is 914 g/mol. The number of nitrogens with two attached hydrogens (primary N) is 1. The van der Waals surface area contributed by atoms with Gasteiger partial charge in [0.1, 0.15) is 36.1 Å². The first-order valence-corrected chi connectivity index (χ1v) is 23.3. The molecular formula is C48H66FN9O12. The predicted octanol–water partition coefficient (Wildman–Crippen LogP) is 2.56. The Morgan fingerprint density at radius 1 is 0.843 bits per heavy atom. The Balaban J connectivity index is 1.30. The zero-order valence-corrected chi connectivity index (χ0v) is 40.8. The summed E-state index contributed by atoms with van der Waals surface area (Å²) in [4.78, 5) is 120. The van der Waals surface area contributed by atoms with Gasteiger partial charge < -0.3 is 60.8 Å². The number of piperazine rings is 1. The van der Waals surface area contributed by atoms with E-state index in [1.165, 1.54) is 22.1 Å². The van der Waals surface area contributed by atoms with Crippen LogP contribution in [0.1, 0.15) is 82.6 Å². The number of nitrogens with zero attached hydrogens (tertiary/aromatic N) is 4. The Hall–Kier alpha value is -7.10. The molecule has 6 amide bonds. The molecule has 4 rings (SSSR count). The standard InChI is InChI=1S/C48H66FN9O12/c1-8-56-25-33(47(66)67)43(62)32-22-34(49)38(23-37(32)56)57-18-20-58(21-19-57)48(68)70-27-30-12-14-31(15-13-30)51-45(64)36(24-50)53-46(65)42(29(4)5)54-44(63)35(16-17-41(61)69-26-28(2)3)52-39(59)10-9-11-40(60)55(6)7/h12-15,22-23,25,28-29,35-36,42H,8-11,16-21,24,26-27,50H2,1-7H3,(H,51,64)(H,52,59)(H,53,65)(H,54,63)(H,66,67)/t35-,36-,42-/m0/s1. The van der Waals surface area contributed by atoms with Crippen molar-refractivity contribution in [2.75, 3.05) is 63.6 Å². The van der Waals surface area contributed by atoms with Crippen molar-refractivity contribution >= 4 is 69.8 Å². The van der Waals surface area contributed by atoms with Gasteiger partial charge in [-0.2, -0.15) is 0 Å². The Morgan fingerprint density at radius 3 is 2.10 bits per heavy atom. The maximum absolute atomic E-state index is 15.4. The van der Waals surface area contributed by atoms with E-state index in [0.717, 1.165) is 6.07 Å². The molecule has 1 saturated heterocycles. The van der Waals surface area contributed by atoms with Crippen LogP contribution >= 0.6 is 0 Å². The minimum atomic E-state index is -1.40. The van der Waals surface area contributed by atoms with E-state index in [0.29, 0.717) is 23.3 Å². The highest BCUT2D eigenvalue weighted by molar-refractivity contribution is 5.99. The molecule has 2 aromatic carbocycles. The van der Waals surface area contributed by atoms with Gasteiger partial charge in [-0.1, -0.05) is 39.8 Å². The molecule has 2 heterocycles.